The van der Waals surface area contributed by atoms with Gasteiger partial charge in [0.05, 0.1) is 6.61 Å². The maximum absolute atomic E-state index is 13.4. The molecule has 0 amide bonds. The SMILES string of the molecule is Fc1cccc(C2(CI)CCOC(C(Cl)(Cl)Cl)=N2)c1. The first kappa shape index (κ1) is 15.6. The fourth-order valence-electron chi connectivity index (χ4n) is 1.90. The van der Waals surface area contributed by atoms with E-state index in [0.717, 1.165) is 5.56 Å². The van der Waals surface area contributed by atoms with Crippen LogP contribution in [-0.4, -0.2) is 20.7 Å². The number of hydrogen-bond acceptors (Lipinski definition) is 2. The highest BCUT2D eigenvalue weighted by molar-refractivity contribution is 14.1. The van der Waals surface area contributed by atoms with Crippen molar-refractivity contribution >= 4 is 63.3 Å². The van der Waals surface area contributed by atoms with Crippen molar-refractivity contribution in [1.82, 2.24) is 0 Å². The van der Waals surface area contributed by atoms with Gasteiger partial charge in [-0.25, -0.2) is 9.38 Å². The van der Waals surface area contributed by atoms with Crippen LogP contribution in [0.3, 0.4) is 0 Å². The Labute approximate surface area is 139 Å². The van der Waals surface area contributed by atoms with Crippen LogP contribution in [0.2, 0.25) is 0 Å². The fourth-order valence-corrected chi connectivity index (χ4v) is 3.19. The first-order valence-electron chi connectivity index (χ1n) is 5.49. The predicted molar refractivity (Wildman–Crippen MR) is 85.3 cm³/mol. The molecule has 1 unspecified atom stereocenters. The molecular weight excluding hydrogens is 426 g/mol. The highest BCUT2D eigenvalue weighted by Gasteiger charge is 2.40. The topological polar surface area (TPSA) is 21.6 Å². The molecule has 0 saturated heterocycles. The number of rotatable bonds is 2. The van der Waals surface area contributed by atoms with Crippen LogP contribution >= 0.6 is 57.4 Å². The van der Waals surface area contributed by atoms with Gasteiger partial charge in [0.25, 0.3) is 3.79 Å². The van der Waals surface area contributed by atoms with Crippen molar-refractivity contribution in [3.63, 3.8) is 0 Å². The summed E-state index contributed by atoms with van der Waals surface area (Å²) in [4.78, 5) is 4.44. The molecule has 1 atom stereocenters. The van der Waals surface area contributed by atoms with Crippen LogP contribution < -0.4 is 0 Å². The van der Waals surface area contributed by atoms with Crippen molar-refractivity contribution in [2.45, 2.75) is 15.8 Å². The van der Waals surface area contributed by atoms with E-state index in [1.54, 1.807) is 6.07 Å². The van der Waals surface area contributed by atoms with Crippen molar-refractivity contribution in [3.05, 3.63) is 35.6 Å². The van der Waals surface area contributed by atoms with Crippen LogP contribution in [0.4, 0.5) is 4.39 Å². The molecular formula is C12H10Cl3FINO. The third-order valence-corrected chi connectivity index (χ3v) is 4.64. The van der Waals surface area contributed by atoms with E-state index < -0.39 is 9.33 Å². The van der Waals surface area contributed by atoms with Crippen molar-refractivity contribution in [3.8, 4) is 0 Å². The zero-order valence-corrected chi connectivity index (χ0v) is 14.1. The van der Waals surface area contributed by atoms with Gasteiger partial charge in [-0.2, -0.15) is 0 Å². The lowest BCUT2D eigenvalue weighted by molar-refractivity contribution is 0.221. The smallest absolute Gasteiger partial charge is 0.266 e. The molecule has 1 aliphatic rings. The first-order valence-corrected chi connectivity index (χ1v) is 8.15. The summed E-state index contributed by atoms with van der Waals surface area (Å²) in [6, 6.07) is 6.33. The van der Waals surface area contributed by atoms with Gasteiger partial charge in [0.2, 0.25) is 5.90 Å². The monoisotopic (exact) mass is 435 g/mol. The van der Waals surface area contributed by atoms with Gasteiger partial charge in [-0.15, -0.1) is 0 Å². The lowest BCUT2D eigenvalue weighted by Gasteiger charge is -2.34. The first-order chi connectivity index (χ1) is 8.87. The number of hydrogen-bond donors (Lipinski definition) is 0. The van der Waals surface area contributed by atoms with E-state index in [1.165, 1.54) is 12.1 Å². The number of halogens is 5. The summed E-state index contributed by atoms with van der Waals surface area (Å²) in [7, 11) is 0. The normalized spacial score (nSPS) is 23.7. The zero-order chi connectivity index (χ0) is 14.1. The highest BCUT2D eigenvalue weighted by Crippen LogP contribution is 2.39. The van der Waals surface area contributed by atoms with Gasteiger partial charge in [-0.3, -0.25) is 0 Å². The third-order valence-electron chi connectivity index (χ3n) is 2.90. The Kier molecular flexibility index (Phi) is 4.86. The van der Waals surface area contributed by atoms with Gasteiger partial charge >= 0.3 is 0 Å². The van der Waals surface area contributed by atoms with Crippen molar-refractivity contribution in [2.75, 3.05) is 11.0 Å². The Morgan fingerprint density at radius 1 is 1.42 bits per heavy atom. The van der Waals surface area contributed by atoms with Gasteiger partial charge < -0.3 is 4.74 Å². The molecule has 7 heteroatoms. The molecule has 0 spiro atoms. The van der Waals surface area contributed by atoms with Gasteiger partial charge in [-0.1, -0.05) is 69.5 Å². The molecule has 1 aromatic carbocycles. The summed E-state index contributed by atoms with van der Waals surface area (Å²) >= 11 is 19.6. The van der Waals surface area contributed by atoms with Gasteiger partial charge in [-0.05, 0) is 17.7 Å². The molecule has 0 aliphatic carbocycles. The molecule has 1 heterocycles. The second-order valence-electron chi connectivity index (χ2n) is 4.19. The van der Waals surface area contributed by atoms with Crippen LogP contribution in [-0.2, 0) is 10.3 Å². The average molecular weight is 436 g/mol. The number of benzene rings is 1. The maximum Gasteiger partial charge on any atom is 0.266 e. The van der Waals surface area contributed by atoms with Crippen LogP contribution in [0.15, 0.2) is 29.3 Å². The van der Waals surface area contributed by atoms with Gasteiger partial charge in [0, 0.05) is 10.8 Å². The fraction of sp³-hybridized carbons (Fsp3) is 0.417. The van der Waals surface area contributed by atoms with Crippen LogP contribution in [0.25, 0.3) is 0 Å². The van der Waals surface area contributed by atoms with Gasteiger partial charge in [0.1, 0.15) is 11.4 Å². The molecule has 104 valence electrons. The molecule has 2 rings (SSSR count). The Morgan fingerprint density at radius 3 is 2.74 bits per heavy atom. The quantitative estimate of drug-likeness (QED) is 0.489. The number of alkyl halides is 4. The minimum Gasteiger partial charge on any atom is -0.478 e. The molecule has 1 aliphatic heterocycles. The molecule has 1 aromatic rings. The predicted octanol–water partition coefficient (Wildman–Crippen LogP) is 4.65. The van der Waals surface area contributed by atoms with Crippen molar-refractivity contribution in [1.29, 1.82) is 0 Å². The van der Waals surface area contributed by atoms with E-state index >= 15 is 0 Å². The van der Waals surface area contributed by atoms with Gasteiger partial charge in [0.15, 0.2) is 0 Å². The van der Waals surface area contributed by atoms with E-state index in [9.17, 15) is 4.39 Å². The average Bonchev–Trinajstić information content (AvgIpc) is 2.38. The lowest BCUT2D eigenvalue weighted by atomic mass is 9.89. The Hall–Kier alpha value is 0.220. The summed E-state index contributed by atoms with van der Waals surface area (Å²) in [5, 5.41) is 0. The Morgan fingerprint density at radius 2 is 2.16 bits per heavy atom. The summed E-state index contributed by atoms with van der Waals surface area (Å²) < 4.78 is 17.6. The van der Waals surface area contributed by atoms with E-state index in [0.29, 0.717) is 17.5 Å². The Balaban J connectivity index is 2.48. The van der Waals surface area contributed by atoms with Crippen LogP contribution in [0, 0.1) is 5.82 Å². The molecule has 0 aromatic heterocycles. The second-order valence-corrected chi connectivity index (χ2v) is 7.23. The molecule has 0 N–H and O–H groups in total. The van der Waals surface area contributed by atoms with E-state index in [4.69, 9.17) is 39.5 Å². The minimum atomic E-state index is -1.70. The second kappa shape index (κ2) is 5.92. The van der Waals surface area contributed by atoms with E-state index in [-0.39, 0.29) is 11.7 Å². The summed E-state index contributed by atoms with van der Waals surface area (Å²) in [6.45, 7) is 0.381. The van der Waals surface area contributed by atoms with E-state index in [2.05, 4.69) is 27.6 Å². The highest BCUT2D eigenvalue weighted by atomic mass is 127. The molecule has 19 heavy (non-hydrogen) atoms. The number of nitrogens with zero attached hydrogens (tertiary/aromatic N) is 1. The third kappa shape index (κ3) is 3.46. The van der Waals surface area contributed by atoms with Crippen LogP contribution in [0.5, 0.6) is 0 Å². The zero-order valence-electron chi connectivity index (χ0n) is 9.68. The van der Waals surface area contributed by atoms with Crippen molar-refractivity contribution in [2.24, 2.45) is 4.99 Å². The molecule has 0 radical (unpaired) electrons. The summed E-state index contributed by atoms with van der Waals surface area (Å²) in [6.07, 6.45) is 0.615. The largest absolute Gasteiger partial charge is 0.478 e. The standard InChI is InChI=1S/C12H10Cl3FINO/c13-12(14,15)10-18-11(7-17,4-5-19-10)8-2-1-3-9(16)6-8/h1-3,6H,4-5,7H2. The molecule has 2 nitrogen and oxygen atoms in total. The Bertz CT molecular complexity index is 506. The number of aliphatic imine (C=N–C) groups is 1. The maximum atomic E-state index is 13.4. The summed E-state index contributed by atoms with van der Waals surface area (Å²) in [5.41, 5.74) is 0.150. The van der Waals surface area contributed by atoms with Crippen molar-refractivity contribution < 1.29 is 9.13 Å². The van der Waals surface area contributed by atoms with Crippen LogP contribution in [0.1, 0.15) is 12.0 Å². The minimum absolute atomic E-state index is 0.0599. The molecule has 0 fully saturated rings. The molecule has 0 saturated carbocycles. The molecule has 0 bridgehead atoms. The lowest BCUT2D eigenvalue weighted by Crippen LogP contribution is -2.38. The summed E-state index contributed by atoms with van der Waals surface area (Å²) in [5.74, 6) is -0.247. The number of ether oxygens (including phenoxy) is 1. The van der Waals surface area contributed by atoms with E-state index in [1.807, 2.05) is 6.07 Å².